The number of carbonyl (C=O) groups is 2. The molecule has 2 amide bonds. The van der Waals surface area contributed by atoms with Crippen molar-refractivity contribution in [1.29, 1.82) is 0 Å². The zero-order valence-electron chi connectivity index (χ0n) is 15.3. The number of nitrogens with one attached hydrogen (secondary N) is 1. The van der Waals surface area contributed by atoms with Gasteiger partial charge in [-0.05, 0) is 55.0 Å². The SMILES string of the molecule is O=C(Nc1ccc(Cl)cn1)C1CCN(C(=O)C2CC2c2cccc(Br)c2)CC1. The number of amides is 2. The van der Waals surface area contributed by atoms with E-state index in [4.69, 9.17) is 11.6 Å². The normalized spacial score (nSPS) is 22.0. The van der Waals surface area contributed by atoms with Gasteiger partial charge in [0.15, 0.2) is 0 Å². The number of benzene rings is 1. The number of rotatable bonds is 4. The molecule has 1 N–H and O–H groups in total. The first kappa shape index (κ1) is 19.4. The summed E-state index contributed by atoms with van der Waals surface area (Å²) >= 11 is 9.31. The largest absolute Gasteiger partial charge is 0.342 e. The third-order valence-electron chi connectivity index (χ3n) is 5.54. The Morgan fingerprint density at radius 1 is 1.18 bits per heavy atom. The molecule has 1 aliphatic carbocycles. The Labute approximate surface area is 177 Å². The molecule has 2 atom stereocenters. The van der Waals surface area contributed by atoms with Crippen molar-refractivity contribution >= 4 is 45.2 Å². The fraction of sp³-hybridized carbons (Fsp3) is 0.381. The number of aromatic nitrogens is 1. The van der Waals surface area contributed by atoms with Crippen molar-refractivity contribution in [2.24, 2.45) is 11.8 Å². The second-order valence-electron chi connectivity index (χ2n) is 7.45. The predicted octanol–water partition coefficient (Wildman–Crippen LogP) is 4.48. The number of pyridine rings is 1. The molecule has 0 spiro atoms. The van der Waals surface area contributed by atoms with Gasteiger partial charge in [0.05, 0.1) is 5.02 Å². The fourth-order valence-electron chi connectivity index (χ4n) is 3.85. The number of hydrogen-bond acceptors (Lipinski definition) is 3. The van der Waals surface area contributed by atoms with E-state index in [1.54, 1.807) is 12.1 Å². The van der Waals surface area contributed by atoms with Crippen molar-refractivity contribution in [2.45, 2.75) is 25.2 Å². The molecule has 1 aromatic heterocycles. The first-order valence-electron chi connectivity index (χ1n) is 9.48. The van der Waals surface area contributed by atoms with E-state index in [-0.39, 0.29) is 23.7 Å². The monoisotopic (exact) mass is 461 g/mol. The van der Waals surface area contributed by atoms with Crippen molar-refractivity contribution in [3.63, 3.8) is 0 Å². The third-order valence-corrected chi connectivity index (χ3v) is 6.26. The highest BCUT2D eigenvalue weighted by Gasteiger charge is 2.46. The van der Waals surface area contributed by atoms with Gasteiger partial charge >= 0.3 is 0 Å². The molecule has 1 aliphatic heterocycles. The summed E-state index contributed by atoms with van der Waals surface area (Å²) in [4.78, 5) is 31.3. The summed E-state index contributed by atoms with van der Waals surface area (Å²) in [5.41, 5.74) is 1.22. The van der Waals surface area contributed by atoms with E-state index in [1.807, 2.05) is 17.0 Å². The van der Waals surface area contributed by atoms with Crippen LogP contribution in [-0.4, -0.2) is 34.8 Å². The van der Waals surface area contributed by atoms with E-state index in [1.165, 1.54) is 11.8 Å². The quantitative estimate of drug-likeness (QED) is 0.729. The summed E-state index contributed by atoms with van der Waals surface area (Å²) in [5.74, 6) is 0.993. The highest BCUT2D eigenvalue weighted by atomic mass is 79.9. The molecule has 1 saturated heterocycles. The number of hydrogen-bond donors (Lipinski definition) is 1. The molecule has 2 unspecified atom stereocenters. The maximum atomic E-state index is 12.8. The second-order valence-corrected chi connectivity index (χ2v) is 8.81. The van der Waals surface area contributed by atoms with Gasteiger partial charge in [-0.25, -0.2) is 4.98 Å². The summed E-state index contributed by atoms with van der Waals surface area (Å²) in [7, 11) is 0. The molecule has 2 aromatic rings. The summed E-state index contributed by atoms with van der Waals surface area (Å²) in [6.07, 6.45) is 3.78. The lowest BCUT2D eigenvalue weighted by atomic mass is 9.95. The van der Waals surface area contributed by atoms with E-state index in [0.717, 1.165) is 10.9 Å². The van der Waals surface area contributed by atoms with Gasteiger partial charge in [0.1, 0.15) is 5.82 Å². The van der Waals surface area contributed by atoms with Gasteiger partial charge < -0.3 is 10.2 Å². The van der Waals surface area contributed by atoms with Gasteiger partial charge in [0.25, 0.3) is 0 Å². The maximum absolute atomic E-state index is 12.8. The van der Waals surface area contributed by atoms with E-state index >= 15 is 0 Å². The van der Waals surface area contributed by atoms with Crippen LogP contribution in [0, 0.1) is 11.8 Å². The number of nitrogens with zero attached hydrogens (tertiary/aromatic N) is 2. The topological polar surface area (TPSA) is 62.3 Å². The van der Waals surface area contributed by atoms with Crippen LogP contribution in [0.1, 0.15) is 30.7 Å². The molecule has 0 radical (unpaired) electrons. The zero-order chi connectivity index (χ0) is 19.7. The smallest absolute Gasteiger partial charge is 0.228 e. The Balaban J connectivity index is 1.27. The number of anilines is 1. The Morgan fingerprint density at radius 2 is 1.96 bits per heavy atom. The van der Waals surface area contributed by atoms with Crippen LogP contribution in [0.15, 0.2) is 47.1 Å². The Bertz CT molecular complexity index is 881. The van der Waals surface area contributed by atoms with Gasteiger partial charge in [-0.1, -0.05) is 39.7 Å². The molecule has 146 valence electrons. The highest BCUT2D eigenvalue weighted by molar-refractivity contribution is 9.10. The standard InChI is InChI=1S/C21H21BrClN3O2/c22-15-3-1-2-14(10-15)17-11-18(17)21(28)26-8-6-13(7-9-26)20(27)25-19-5-4-16(23)12-24-19/h1-5,10,12-13,17-18H,6-9,11H2,(H,24,25,27). The summed E-state index contributed by atoms with van der Waals surface area (Å²) in [5, 5.41) is 3.37. The molecule has 2 fully saturated rings. The molecule has 2 heterocycles. The lowest BCUT2D eigenvalue weighted by molar-refractivity contribution is -0.135. The first-order valence-corrected chi connectivity index (χ1v) is 10.6. The van der Waals surface area contributed by atoms with Gasteiger partial charge in [-0.15, -0.1) is 0 Å². The Kier molecular flexibility index (Phi) is 5.69. The van der Waals surface area contributed by atoms with Crippen molar-refractivity contribution in [1.82, 2.24) is 9.88 Å². The zero-order valence-corrected chi connectivity index (χ0v) is 17.6. The van der Waals surface area contributed by atoms with Crippen LogP contribution in [0.25, 0.3) is 0 Å². The molecule has 0 bridgehead atoms. The average molecular weight is 463 g/mol. The van der Waals surface area contributed by atoms with Crippen molar-refractivity contribution in [3.05, 3.63) is 57.7 Å². The molecule has 28 heavy (non-hydrogen) atoms. The number of piperidine rings is 1. The van der Waals surface area contributed by atoms with Gasteiger partial charge in [0.2, 0.25) is 11.8 Å². The van der Waals surface area contributed by atoms with E-state index < -0.39 is 0 Å². The van der Waals surface area contributed by atoms with Crippen molar-refractivity contribution in [3.8, 4) is 0 Å². The molecule has 1 aromatic carbocycles. The van der Waals surface area contributed by atoms with E-state index in [0.29, 0.717) is 42.7 Å². The predicted molar refractivity (Wildman–Crippen MR) is 112 cm³/mol. The minimum atomic E-state index is -0.0957. The Hall–Kier alpha value is -1.92. The van der Waals surface area contributed by atoms with Crippen molar-refractivity contribution in [2.75, 3.05) is 18.4 Å². The number of likely N-dealkylation sites (tertiary alicyclic amines) is 1. The third kappa shape index (κ3) is 4.39. The molecule has 7 heteroatoms. The highest BCUT2D eigenvalue weighted by Crippen LogP contribution is 2.49. The van der Waals surface area contributed by atoms with Crippen LogP contribution in [0.2, 0.25) is 5.02 Å². The molecular weight excluding hydrogens is 442 g/mol. The lowest BCUT2D eigenvalue weighted by Crippen LogP contribution is -2.42. The molecular formula is C21H21BrClN3O2. The Morgan fingerprint density at radius 3 is 2.64 bits per heavy atom. The molecule has 1 saturated carbocycles. The minimum absolute atomic E-state index is 0.0413. The fourth-order valence-corrected chi connectivity index (χ4v) is 4.38. The van der Waals surface area contributed by atoms with Gasteiger partial charge in [-0.2, -0.15) is 0 Å². The van der Waals surface area contributed by atoms with Crippen LogP contribution in [-0.2, 0) is 9.59 Å². The van der Waals surface area contributed by atoms with Crippen LogP contribution in [0.3, 0.4) is 0 Å². The summed E-state index contributed by atoms with van der Waals surface area (Å²) < 4.78 is 1.05. The van der Waals surface area contributed by atoms with E-state index in [2.05, 4.69) is 38.4 Å². The molecule has 4 rings (SSSR count). The first-order chi connectivity index (χ1) is 13.5. The van der Waals surface area contributed by atoms with Gasteiger partial charge in [0, 0.05) is 35.6 Å². The van der Waals surface area contributed by atoms with Gasteiger partial charge in [-0.3, -0.25) is 9.59 Å². The summed E-state index contributed by atoms with van der Waals surface area (Å²) in [6, 6.07) is 11.6. The van der Waals surface area contributed by atoms with Crippen molar-refractivity contribution < 1.29 is 9.59 Å². The second kappa shape index (κ2) is 8.21. The minimum Gasteiger partial charge on any atom is -0.342 e. The lowest BCUT2D eigenvalue weighted by Gasteiger charge is -2.31. The average Bonchev–Trinajstić information content (AvgIpc) is 3.50. The van der Waals surface area contributed by atoms with Crippen LogP contribution < -0.4 is 5.32 Å². The molecule has 2 aliphatic rings. The molecule has 5 nitrogen and oxygen atoms in total. The number of carbonyl (C=O) groups excluding carboxylic acids is 2. The van der Waals surface area contributed by atoms with Crippen LogP contribution >= 0.6 is 27.5 Å². The van der Waals surface area contributed by atoms with Crippen LogP contribution in [0.4, 0.5) is 5.82 Å². The number of halogens is 2. The summed E-state index contributed by atoms with van der Waals surface area (Å²) in [6.45, 7) is 1.26. The van der Waals surface area contributed by atoms with Crippen LogP contribution in [0.5, 0.6) is 0 Å². The maximum Gasteiger partial charge on any atom is 0.228 e. The van der Waals surface area contributed by atoms with E-state index in [9.17, 15) is 9.59 Å².